The van der Waals surface area contributed by atoms with Crippen LogP contribution in [0.15, 0.2) is 23.4 Å². The fraction of sp³-hybridized carbons (Fsp3) is 0.500. The molecule has 2 saturated heterocycles. The van der Waals surface area contributed by atoms with Crippen molar-refractivity contribution >= 4 is 15.9 Å². The van der Waals surface area contributed by atoms with Crippen molar-refractivity contribution in [2.45, 2.75) is 18.6 Å². The summed E-state index contributed by atoms with van der Waals surface area (Å²) in [4.78, 5) is 10.5. The van der Waals surface area contributed by atoms with Gasteiger partial charge >= 0.3 is 0 Å². The molecule has 0 aromatic heterocycles. The standard InChI is InChI=1S/C12H14FN3O4S/c1-15-6-10-5-12(7-16(10)21(15,18)19)20-11-3-8(13)2-9(4-11)14-17/h2-4,10,12H,5-7H2,1H3/t10?,12-/m1/s1. The number of nitrogens with zero attached hydrogens (tertiary/aromatic N) is 3. The molecule has 3 rings (SSSR count). The summed E-state index contributed by atoms with van der Waals surface area (Å²) in [6.07, 6.45) is 0.170. The van der Waals surface area contributed by atoms with Gasteiger partial charge in [0.2, 0.25) is 0 Å². The van der Waals surface area contributed by atoms with E-state index in [2.05, 4.69) is 5.18 Å². The molecule has 1 aromatic carbocycles. The predicted octanol–water partition coefficient (Wildman–Crippen LogP) is 1.24. The van der Waals surface area contributed by atoms with Gasteiger partial charge in [0.05, 0.1) is 6.54 Å². The zero-order valence-corrected chi connectivity index (χ0v) is 12.1. The van der Waals surface area contributed by atoms with Crippen LogP contribution in [-0.4, -0.2) is 49.3 Å². The van der Waals surface area contributed by atoms with E-state index in [9.17, 15) is 17.7 Å². The fourth-order valence-corrected chi connectivity index (χ4v) is 4.41. The SMILES string of the molecule is CN1CC2C[C@@H](Oc3cc(F)cc(N=O)c3)CN2S1(=O)=O. The summed E-state index contributed by atoms with van der Waals surface area (Å²) in [5, 5.41) is 2.67. The van der Waals surface area contributed by atoms with Crippen molar-refractivity contribution in [2.75, 3.05) is 20.1 Å². The molecule has 0 N–H and O–H groups in total. The van der Waals surface area contributed by atoms with Gasteiger partial charge in [-0.2, -0.15) is 17.0 Å². The normalized spacial score (nSPS) is 28.5. The Balaban J connectivity index is 1.74. The van der Waals surface area contributed by atoms with Gasteiger partial charge in [0.25, 0.3) is 10.2 Å². The minimum absolute atomic E-state index is 0.0594. The van der Waals surface area contributed by atoms with Gasteiger partial charge in [-0.05, 0) is 5.18 Å². The van der Waals surface area contributed by atoms with E-state index >= 15 is 0 Å². The molecular formula is C12H14FN3O4S. The minimum atomic E-state index is -3.40. The number of likely N-dealkylation sites (N-methyl/N-ethyl adjacent to an activating group) is 1. The van der Waals surface area contributed by atoms with Gasteiger partial charge in [0, 0.05) is 44.3 Å². The Morgan fingerprint density at radius 1 is 1.33 bits per heavy atom. The Hall–Kier alpha value is -1.58. The molecule has 21 heavy (non-hydrogen) atoms. The second kappa shape index (κ2) is 5.00. The topological polar surface area (TPSA) is 79.3 Å². The molecule has 2 atom stereocenters. The number of benzene rings is 1. The van der Waals surface area contributed by atoms with Gasteiger partial charge in [0.15, 0.2) is 0 Å². The molecule has 114 valence electrons. The van der Waals surface area contributed by atoms with E-state index in [0.29, 0.717) is 13.0 Å². The second-order valence-corrected chi connectivity index (χ2v) is 7.21. The van der Waals surface area contributed by atoms with Gasteiger partial charge < -0.3 is 4.74 Å². The van der Waals surface area contributed by atoms with Crippen LogP contribution >= 0.6 is 0 Å². The van der Waals surface area contributed by atoms with Crippen LogP contribution in [-0.2, 0) is 10.2 Å². The quantitative estimate of drug-likeness (QED) is 0.786. The lowest BCUT2D eigenvalue weighted by molar-refractivity contribution is 0.211. The molecule has 0 radical (unpaired) electrons. The Morgan fingerprint density at radius 3 is 2.76 bits per heavy atom. The van der Waals surface area contributed by atoms with E-state index in [4.69, 9.17) is 4.74 Å². The van der Waals surface area contributed by atoms with Crippen LogP contribution in [0.1, 0.15) is 6.42 Å². The first-order valence-electron chi connectivity index (χ1n) is 6.44. The zero-order chi connectivity index (χ0) is 15.2. The summed E-state index contributed by atoms with van der Waals surface area (Å²) in [7, 11) is -1.86. The summed E-state index contributed by atoms with van der Waals surface area (Å²) >= 11 is 0. The van der Waals surface area contributed by atoms with Crippen molar-refractivity contribution < 1.29 is 17.5 Å². The third kappa shape index (κ3) is 2.52. The number of fused-ring (bicyclic) bond motifs is 1. The lowest BCUT2D eigenvalue weighted by Gasteiger charge is -2.17. The average molecular weight is 315 g/mol. The van der Waals surface area contributed by atoms with Crippen molar-refractivity contribution in [1.29, 1.82) is 0 Å². The van der Waals surface area contributed by atoms with E-state index in [0.717, 1.165) is 12.1 Å². The summed E-state index contributed by atoms with van der Waals surface area (Å²) in [6, 6.07) is 3.37. The van der Waals surface area contributed by atoms with E-state index in [1.54, 1.807) is 0 Å². The Bertz CT molecular complexity index is 681. The Morgan fingerprint density at radius 2 is 2.10 bits per heavy atom. The van der Waals surface area contributed by atoms with Crippen LogP contribution in [0.2, 0.25) is 0 Å². The van der Waals surface area contributed by atoms with Crippen molar-refractivity contribution in [3.05, 3.63) is 28.9 Å². The van der Waals surface area contributed by atoms with Crippen molar-refractivity contribution in [3.63, 3.8) is 0 Å². The van der Waals surface area contributed by atoms with Gasteiger partial charge in [-0.3, -0.25) is 0 Å². The molecular weight excluding hydrogens is 301 g/mol. The molecule has 7 nitrogen and oxygen atoms in total. The molecule has 0 aliphatic carbocycles. The number of hydrogen-bond donors (Lipinski definition) is 0. The van der Waals surface area contributed by atoms with Crippen LogP contribution < -0.4 is 4.74 Å². The summed E-state index contributed by atoms with van der Waals surface area (Å²) < 4.78 is 45.6. The third-order valence-electron chi connectivity index (χ3n) is 3.75. The number of halogens is 1. The molecule has 2 fully saturated rings. The average Bonchev–Trinajstić information content (AvgIpc) is 2.88. The summed E-state index contributed by atoms with van der Waals surface area (Å²) in [5.41, 5.74) is -0.0594. The first-order valence-corrected chi connectivity index (χ1v) is 7.83. The zero-order valence-electron chi connectivity index (χ0n) is 11.3. The first-order chi connectivity index (χ1) is 9.90. The van der Waals surface area contributed by atoms with Crippen molar-refractivity contribution in [3.8, 4) is 5.75 Å². The van der Waals surface area contributed by atoms with Crippen LogP contribution in [0.25, 0.3) is 0 Å². The first kappa shape index (κ1) is 14.4. The number of nitroso groups, excluding NO2 is 1. The van der Waals surface area contributed by atoms with Crippen molar-refractivity contribution in [1.82, 2.24) is 8.61 Å². The van der Waals surface area contributed by atoms with Gasteiger partial charge in [-0.25, -0.2) is 4.39 Å². The maximum Gasteiger partial charge on any atom is 0.282 e. The molecule has 1 unspecified atom stereocenters. The maximum absolute atomic E-state index is 13.3. The summed E-state index contributed by atoms with van der Waals surface area (Å²) in [6.45, 7) is 0.643. The van der Waals surface area contributed by atoms with E-state index < -0.39 is 16.0 Å². The van der Waals surface area contributed by atoms with Crippen LogP contribution in [0, 0.1) is 10.7 Å². The third-order valence-corrected chi connectivity index (χ3v) is 5.72. The highest BCUT2D eigenvalue weighted by Gasteiger charge is 2.48. The smallest absolute Gasteiger partial charge is 0.282 e. The highest BCUT2D eigenvalue weighted by Crippen LogP contribution is 2.32. The molecule has 9 heteroatoms. The van der Waals surface area contributed by atoms with E-state index in [1.165, 1.54) is 21.7 Å². The lowest BCUT2D eigenvalue weighted by Crippen LogP contribution is -2.33. The largest absolute Gasteiger partial charge is 0.489 e. The lowest BCUT2D eigenvalue weighted by atomic mass is 10.2. The highest BCUT2D eigenvalue weighted by molar-refractivity contribution is 7.87. The number of rotatable bonds is 3. The molecule has 2 heterocycles. The second-order valence-electron chi connectivity index (χ2n) is 5.22. The van der Waals surface area contributed by atoms with Crippen LogP contribution in [0.3, 0.4) is 0 Å². The molecule has 0 bridgehead atoms. The molecule has 0 saturated carbocycles. The fourth-order valence-electron chi connectivity index (χ4n) is 2.81. The Kier molecular flexibility index (Phi) is 3.42. The maximum atomic E-state index is 13.3. The summed E-state index contributed by atoms with van der Waals surface area (Å²) in [5.74, 6) is -0.436. The molecule has 0 amide bonds. The number of ether oxygens (including phenoxy) is 1. The minimum Gasteiger partial charge on any atom is -0.489 e. The van der Waals surface area contributed by atoms with Crippen LogP contribution in [0.5, 0.6) is 5.75 Å². The van der Waals surface area contributed by atoms with Gasteiger partial charge in [-0.15, -0.1) is 4.91 Å². The van der Waals surface area contributed by atoms with Crippen LogP contribution in [0.4, 0.5) is 10.1 Å². The molecule has 2 aliphatic heterocycles. The Labute approximate surface area is 121 Å². The highest BCUT2D eigenvalue weighted by atomic mass is 32.2. The molecule has 1 aromatic rings. The van der Waals surface area contributed by atoms with Gasteiger partial charge in [0.1, 0.15) is 23.4 Å². The molecule has 2 aliphatic rings. The number of hydrogen-bond acceptors (Lipinski definition) is 5. The van der Waals surface area contributed by atoms with Gasteiger partial charge in [-0.1, -0.05) is 0 Å². The van der Waals surface area contributed by atoms with Crippen molar-refractivity contribution in [2.24, 2.45) is 5.18 Å². The molecule has 0 spiro atoms. The monoisotopic (exact) mass is 315 g/mol. The predicted molar refractivity (Wildman–Crippen MR) is 72.9 cm³/mol. The van der Waals surface area contributed by atoms with E-state index in [1.807, 2.05) is 0 Å². The van der Waals surface area contributed by atoms with E-state index in [-0.39, 0.29) is 30.1 Å².